The van der Waals surface area contributed by atoms with Crippen molar-refractivity contribution in [1.82, 2.24) is 0 Å². The Balaban J connectivity index is 1.18. The van der Waals surface area contributed by atoms with Crippen LogP contribution in [0.25, 0.3) is 110 Å². The predicted molar refractivity (Wildman–Crippen MR) is 244 cm³/mol. The van der Waals surface area contributed by atoms with Gasteiger partial charge in [-0.15, -0.1) is 0 Å². The van der Waals surface area contributed by atoms with Crippen LogP contribution in [0.15, 0.2) is 174 Å². The average molecular weight is 729 g/mol. The smallest absolute Gasteiger partial charge is 0.136 e. The zero-order chi connectivity index (χ0) is 38.4. The van der Waals surface area contributed by atoms with Gasteiger partial charge in [0, 0.05) is 10.8 Å². The maximum atomic E-state index is 6.87. The first-order chi connectivity index (χ1) is 28.0. The zero-order valence-corrected chi connectivity index (χ0v) is 32.6. The summed E-state index contributed by atoms with van der Waals surface area (Å²) in [5.41, 5.74) is 17.0. The summed E-state index contributed by atoms with van der Waals surface area (Å²) in [6.45, 7) is 8.93. The standard InChI is InChI=1S/C56H40O/c1-33-16-13-17-34(2)50(33)55-42-24-9-5-20-38(42)52(39-21-6-10-25-43(39)55)37-30-31-46-49(32-37)57-48-29-15-28-47(54(46)48)53-40-22-7-11-26-44(40)56(45-27-12-8-23-41(45)53)51-35(3)18-14-19-36(51)4/h5-32H,1-4H3. The van der Waals surface area contributed by atoms with Crippen molar-refractivity contribution in [3.8, 4) is 44.5 Å². The maximum absolute atomic E-state index is 6.87. The SMILES string of the molecule is Cc1cccc(C)c1-c1c2ccccc2c(-c2ccc3c(c2)oc2cccc(-c4c5ccccc5c(-c5c(C)cccc5C)c5ccccc45)c23)c2ccccc12. The third-order valence-electron chi connectivity index (χ3n) is 12.4. The van der Waals surface area contributed by atoms with Crippen molar-refractivity contribution in [3.63, 3.8) is 0 Å². The molecular weight excluding hydrogens is 689 g/mol. The minimum atomic E-state index is 0.891. The van der Waals surface area contributed by atoms with Crippen LogP contribution >= 0.6 is 0 Å². The molecule has 0 aliphatic heterocycles. The Morgan fingerprint density at radius 1 is 0.281 bits per heavy atom. The summed E-state index contributed by atoms with van der Waals surface area (Å²) in [5.74, 6) is 0. The number of aryl methyl sites for hydroxylation is 4. The molecular formula is C56H40O. The van der Waals surface area contributed by atoms with Gasteiger partial charge in [-0.1, -0.05) is 152 Å². The fourth-order valence-electron chi connectivity index (χ4n) is 10.0. The minimum absolute atomic E-state index is 0.891. The molecule has 0 saturated heterocycles. The third-order valence-corrected chi connectivity index (χ3v) is 12.4. The quantitative estimate of drug-likeness (QED) is 0.165. The molecule has 0 aliphatic rings. The number of rotatable bonds is 4. The van der Waals surface area contributed by atoms with Gasteiger partial charge in [0.05, 0.1) is 0 Å². The van der Waals surface area contributed by atoms with Gasteiger partial charge in [0.1, 0.15) is 11.2 Å². The van der Waals surface area contributed by atoms with Gasteiger partial charge in [-0.25, -0.2) is 0 Å². The highest BCUT2D eigenvalue weighted by Gasteiger charge is 2.23. The van der Waals surface area contributed by atoms with Gasteiger partial charge in [0.2, 0.25) is 0 Å². The number of hydrogen-bond acceptors (Lipinski definition) is 1. The van der Waals surface area contributed by atoms with E-state index in [1.54, 1.807) is 0 Å². The van der Waals surface area contributed by atoms with Gasteiger partial charge in [-0.05, 0) is 156 Å². The van der Waals surface area contributed by atoms with Crippen LogP contribution in [0.5, 0.6) is 0 Å². The molecule has 10 aromatic carbocycles. The van der Waals surface area contributed by atoms with E-state index in [4.69, 9.17) is 4.42 Å². The monoisotopic (exact) mass is 728 g/mol. The topological polar surface area (TPSA) is 13.1 Å². The van der Waals surface area contributed by atoms with Crippen LogP contribution in [0.1, 0.15) is 22.3 Å². The minimum Gasteiger partial charge on any atom is -0.456 e. The molecule has 0 spiro atoms. The average Bonchev–Trinajstić information content (AvgIpc) is 3.61. The van der Waals surface area contributed by atoms with Crippen LogP contribution in [-0.4, -0.2) is 0 Å². The van der Waals surface area contributed by atoms with Crippen LogP contribution in [-0.2, 0) is 0 Å². The van der Waals surface area contributed by atoms with Crippen molar-refractivity contribution in [2.45, 2.75) is 27.7 Å². The highest BCUT2D eigenvalue weighted by molar-refractivity contribution is 6.27. The summed E-state index contributed by atoms with van der Waals surface area (Å²) in [4.78, 5) is 0. The number of fused-ring (bicyclic) bond motifs is 7. The van der Waals surface area contributed by atoms with E-state index in [-0.39, 0.29) is 0 Å². The Morgan fingerprint density at radius 2 is 0.667 bits per heavy atom. The molecule has 270 valence electrons. The second kappa shape index (κ2) is 12.8. The van der Waals surface area contributed by atoms with Gasteiger partial charge < -0.3 is 4.42 Å². The highest BCUT2D eigenvalue weighted by Crippen LogP contribution is 2.49. The second-order valence-corrected chi connectivity index (χ2v) is 15.7. The molecule has 0 bridgehead atoms. The Labute approximate surface area is 332 Å². The third kappa shape index (κ3) is 4.95. The zero-order valence-electron chi connectivity index (χ0n) is 32.6. The molecule has 0 aliphatic carbocycles. The van der Waals surface area contributed by atoms with Gasteiger partial charge in [-0.2, -0.15) is 0 Å². The Hall–Kier alpha value is -6.96. The van der Waals surface area contributed by atoms with Crippen LogP contribution in [0.4, 0.5) is 0 Å². The van der Waals surface area contributed by atoms with Gasteiger partial charge in [0.15, 0.2) is 0 Å². The summed E-state index contributed by atoms with van der Waals surface area (Å²) in [6, 6.07) is 62.4. The largest absolute Gasteiger partial charge is 0.456 e. The van der Waals surface area contributed by atoms with E-state index in [1.807, 2.05) is 0 Å². The first kappa shape index (κ1) is 33.4. The van der Waals surface area contributed by atoms with E-state index in [0.717, 1.165) is 27.5 Å². The molecule has 11 aromatic rings. The lowest BCUT2D eigenvalue weighted by atomic mass is 9.82. The van der Waals surface area contributed by atoms with Crippen molar-refractivity contribution in [2.75, 3.05) is 0 Å². The molecule has 1 heteroatoms. The first-order valence-electron chi connectivity index (χ1n) is 19.9. The van der Waals surface area contributed by atoms with Crippen molar-refractivity contribution < 1.29 is 4.42 Å². The Morgan fingerprint density at radius 3 is 1.11 bits per heavy atom. The van der Waals surface area contributed by atoms with Crippen molar-refractivity contribution in [1.29, 1.82) is 0 Å². The lowest BCUT2D eigenvalue weighted by molar-refractivity contribution is 0.669. The van der Waals surface area contributed by atoms with Crippen molar-refractivity contribution in [3.05, 3.63) is 192 Å². The van der Waals surface area contributed by atoms with Crippen LogP contribution in [0.2, 0.25) is 0 Å². The number of benzene rings is 10. The molecule has 1 aromatic heterocycles. The molecule has 0 amide bonds. The summed E-state index contributed by atoms with van der Waals surface area (Å²) in [6.07, 6.45) is 0. The molecule has 0 atom stereocenters. The molecule has 0 saturated carbocycles. The van der Waals surface area contributed by atoms with Crippen LogP contribution < -0.4 is 0 Å². The van der Waals surface area contributed by atoms with Gasteiger partial charge in [-0.3, -0.25) is 0 Å². The summed E-state index contributed by atoms with van der Waals surface area (Å²) >= 11 is 0. The van der Waals surface area contributed by atoms with E-state index in [1.165, 1.54) is 104 Å². The molecule has 1 heterocycles. The lowest BCUT2D eigenvalue weighted by Crippen LogP contribution is -1.94. The normalized spacial score (nSPS) is 11.9. The molecule has 57 heavy (non-hydrogen) atoms. The lowest BCUT2D eigenvalue weighted by Gasteiger charge is -2.20. The molecule has 0 fully saturated rings. The summed E-state index contributed by atoms with van der Waals surface area (Å²) in [5, 5.41) is 12.3. The summed E-state index contributed by atoms with van der Waals surface area (Å²) in [7, 11) is 0. The van der Waals surface area contributed by atoms with E-state index < -0.39 is 0 Å². The maximum Gasteiger partial charge on any atom is 0.136 e. The Bertz CT molecular complexity index is 3290. The molecule has 0 unspecified atom stereocenters. The van der Waals surface area contributed by atoms with Crippen molar-refractivity contribution in [2.24, 2.45) is 0 Å². The molecule has 0 radical (unpaired) electrons. The Kier molecular flexibility index (Phi) is 7.50. The highest BCUT2D eigenvalue weighted by atomic mass is 16.3. The first-order valence-corrected chi connectivity index (χ1v) is 19.9. The van der Waals surface area contributed by atoms with E-state index in [9.17, 15) is 0 Å². The van der Waals surface area contributed by atoms with E-state index in [2.05, 4.69) is 198 Å². The fourth-order valence-corrected chi connectivity index (χ4v) is 10.0. The van der Waals surface area contributed by atoms with Crippen molar-refractivity contribution >= 4 is 65.0 Å². The summed E-state index contributed by atoms with van der Waals surface area (Å²) < 4.78 is 6.87. The van der Waals surface area contributed by atoms with Gasteiger partial charge >= 0.3 is 0 Å². The van der Waals surface area contributed by atoms with E-state index in [0.29, 0.717) is 0 Å². The van der Waals surface area contributed by atoms with Crippen LogP contribution in [0.3, 0.4) is 0 Å². The van der Waals surface area contributed by atoms with Gasteiger partial charge in [0.25, 0.3) is 0 Å². The number of furan rings is 1. The number of hydrogen-bond donors (Lipinski definition) is 0. The second-order valence-electron chi connectivity index (χ2n) is 15.7. The van der Waals surface area contributed by atoms with E-state index >= 15 is 0 Å². The van der Waals surface area contributed by atoms with Crippen LogP contribution in [0, 0.1) is 27.7 Å². The molecule has 11 rings (SSSR count). The fraction of sp³-hybridized carbons (Fsp3) is 0.0714. The molecule has 0 N–H and O–H groups in total. The predicted octanol–water partition coefficient (Wildman–Crippen LogP) is 16.1. The molecule has 1 nitrogen and oxygen atoms in total.